The number of amides is 1. The van der Waals surface area contributed by atoms with E-state index in [4.69, 9.17) is 14.2 Å². The zero-order valence-electron chi connectivity index (χ0n) is 18.0. The Hall–Kier alpha value is -3.52. The molecule has 160 valence electrons. The number of hydrogen-bond acceptors (Lipinski definition) is 6. The fourth-order valence-corrected chi connectivity index (χ4v) is 4.42. The van der Waals surface area contributed by atoms with E-state index in [1.165, 1.54) is 11.3 Å². The van der Waals surface area contributed by atoms with E-state index in [1.54, 1.807) is 26.0 Å². The van der Waals surface area contributed by atoms with Gasteiger partial charge in [0.05, 0.1) is 31.9 Å². The Morgan fingerprint density at radius 2 is 1.68 bits per heavy atom. The molecule has 1 amide bonds. The van der Waals surface area contributed by atoms with Crippen molar-refractivity contribution in [1.82, 2.24) is 9.78 Å². The summed E-state index contributed by atoms with van der Waals surface area (Å²) in [6.45, 7) is 1.97. The van der Waals surface area contributed by atoms with Crippen LogP contribution < -0.4 is 19.5 Å². The number of carbonyl (C=O) groups excluding carboxylic acids is 1. The average Bonchev–Trinajstić information content (AvgIpc) is 3.34. The first-order valence-electron chi connectivity index (χ1n) is 9.60. The van der Waals surface area contributed by atoms with Crippen molar-refractivity contribution in [1.29, 1.82) is 0 Å². The van der Waals surface area contributed by atoms with E-state index < -0.39 is 0 Å². The molecule has 0 saturated carbocycles. The SMILES string of the molecule is COc1ccc(C)cc1NC(=O)c1cc2c(-c3ccc(OC)c(OC)c3)nn(C)c2s1. The number of nitrogens with one attached hydrogen (secondary N) is 1. The number of aryl methyl sites for hydroxylation is 2. The summed E-state index contributed by atoms with van der Waals surface area (Å²) in [6, 6.07) is 13.2. The number of fused-ring (bicyclic) bond motifs is 1. The molecule has 0 aliphatic rings. The molecule has 2 aromatic heterocycles. The minimum Gasteiger partial charge on any atom is -0.495 e. The van der Waals surface area contributed by atoms with Crippen molar-refractivity contribution in [3.8, 4) is 28.5 Å². The number of benzene rings is 2. The maximum Gasteiger partial charge on any atom is 0.265 e. The smallest absolute Gasteiger partial charge is 0.265 e. The zero-order valence-corrected chi connectivity index (χ0v) is 18.8. The molecule has 1 N–H and O–H groups in total. The average molecular weight is 438 g/mol. The van der Waals surface area contributed by atoms with Crippen molar-refractivity contribution in [2.24, 2.45) is 7.05 Å². The van der Waals surface area contributed by atoms with Crippen LogP contribution in [0, 0.1) is 6.92 Å². The summed E-state index contributed by atoms with van der Waals surface area (Å²) in [5, 5.41) is 8.52. The fraction of sp³-hybridized carbons (Fsp3) is 0.217. The molecule has 0 fully saturated rings. The van der Waals surface area contributed by atoms with Crippen LogP contribution in [0.5, 0.6) is 17.2 Å². The molecule has 0 unspecified atom stereocenters. The van der Waals surface area contributed by atoms with Crippen molar-refractivity contribution >= 4 is 33.1 Å². The van der Waals surface area contributed by atoms with Gasteiger partial charge in [-0.1, -0.05) is 6.07 Å². The van der Waals surface area contributed by atoms with Crippen LogP contribution in [0.1, 0.15) is 15.2 Å². The second-order valence-corrected chi connectivity index (χ2v) is 8.06. The number of methoxy groups -OCH3 is 3. The fourth-order valence-electron chi connectivity index (χ4n) is 3.45. The highest BCUT2D eigenvalue weighted by atomic mass is 32.1. The maximum atomic E-state index is 13.0. The molecule has 4 aromatic rings. The first kappa shape index (κ1) is 20.7. The summed E-state index contributed by atoms with van der Waals surface area (Å²) in [4.78, 5) is 14.5. The van der Waals surface area contributed by atoms with Gasteiger partial charge in [-0.05, 0) is 48.9 Å². The van der Waals surface area contributed by atoms with Crippen LogP contribution >= 0.6 is 11.3 Å². The van der Waals surface area contributed by atoms with Crippen LogP contribution in [0.25, 0.3) is 21.5 Å². The summed E-state index contributed by atoms with van der Waals surface area (Å²) in [7, 11) is 6.65. The summed E-state index contributed by atoms with van der Waals surface area (Å²) >= 11 is 1.39. The van der Waals surface area contributed by atoms with E-state index in [9.17, 15) is 4.79 Å². The molecule has 0 saturated heterocycles. The van der Waals surface area contributed by atoms with Gasteiger partial charge in [-0.2, -0.15) is 5.10 Å². The molecular weight excluding hydrogens is 414 g/mol. The molecule has 0 atom stereocenters. The third-order valence-corrected chi connectivity index (χ3v) is 6.20. The molecule has 0 aliphatic heterocycles. The summed E-state index contributed by atoms with van der Waals surface area (Å²) in [5.41, 5.74) is 3.34. The minimum atomic E-state index is -0.191. The maximum absolute atomic E-state index is 13.0. The lowest BCUT2D eigenvalue weighted by atomic mass is 10.1. The Labute approximate surface area is 184 Å². The van der Waals surface area contributed by atoms with Gasteiger partial charge in [0.2, 0.25) is 0 Å². The van der Waals surface area contributed by atoms with E-state index in [0.29, 0.717) is 27.8 Å². The van der Waals surface area contributed by atoms with Crippen molar-refractivity contribution in [2.75, 3.05) is 26.6 Å². The van der Waals surface area contributed by atoms with Crippen molar-refractivity contribution < 1.29 is 19.0 Å². The van der Waals surface area contributed by atoms with Crippen LogP contribution in [0.15, 0.2) is 42.5 Å². The second-order valence-electron chi connectivity index (χ2n) is 7.03. The molecule has 7 nitrogen and oxygen atoms in total. The van der Waals surface area contributed by atoms with Gasteiger partial charge >= 0.3 is 0 Å². The summed E-state index contributed by atoms with van der Waals surface area (Å²) < 4.78 is 17.9. The lowest BCUT2D eigenvalue weighted by molar-refractivity contribution is 0.103. The third kappa shape index (κ3) is 3.82. The number of nitrogens with zero attached hydrogens (tertiary/aromatic N) is 2. The number of anilines is 1. The number of ether oxygens (including phenoxy) is 3. The second kappa shape index (κ2) is 8.31. The van der Waals surface area contributed by atoms with Gasteiger partial charge in [0.15, 0.2) is 11.5 Å². The minimum absolute atomic E-state index is 0.191. The topological polar surface area (TPSA) is 74.6 Å². The number of thiophene rings is 1. The van der Waals surface area contributed by atoms with Crippen molar-refractivity contribution in [2.45, 2.75) is 6.92 Å². The Balaban J connectivity index is 1.71. The van der Waals surface area contributed by atoms with Gasteiger partial charge in [-0.25, -0.2) is 0 Å². The molecule has 2 heterocycles. The van der Waals surface area contributed by atoms with Crippen molar-refractivity contribution in [3.63, 3.8) is 0 Å². The molecule has 4 rings (SSSR count). The zero-order chi connectivity index (χ0) is 22.1. The van der Waals surface area contributed by atoms with Gasteiger partial charge in [0.25, 0.3) is 5.91 Å². The van der Waals surface area contributed by atoms with Gasteiger partial charge in [-0.15, -0.1) is 11.3 Å². The molecular formula is C23H23N3O4S. The molecule has 31 heavy (non-hydrogen) atoms. The Morgan fingerprint density at radius 1 is 0.968 bits per heavy atom. The van der Waals surface area contributed by atoms with Crippen LogP contribution in [0.4, 0.5) is 5.69 Å². The normalized spacial score (nSPS) is 10.9. The van der Waals surface area contributed by atoms with Gasteiger partial charge in [0, 0.05) is 18.0 Å². The number of rotatable bonds is 6. The van der Waals surface area contributed by atoms with Gasteiger partial charge in [0.1, 0.15) is 16.3 Å². The van der Waals surface area contributed by atoms with Crippen LogP contribution in [-0.2, 0) is 7.05 Å². The van der Waals surface area contributed by atoms with Crippen LogP contribution in [0.3, 0.4) is 0 Å². The molecule has 2 aromatic carbocycles. The molecule has 8 heteroatoms. The van der Waals surface area contributed by atoms with Gasteiger partial charge in [-0.3, -0.25) is 9.48 Å². The van der Waals surface area contributed by atoms with E-state index in [0.717, 1.165) is 27.0 Å². The Bertz CT molecular complexity index is 1280. The van der Waals surface area contributed by atoms with E-state index >= 15 is 0 Å². The predicted octanol–water partition coefficient (Wildman–Crippen LogP) is 4.89. The lowest BCUT2D eigenvalue weighted by Gasteiger charge is -2.10. The first-order chi connectivity index (χ1) is 14.9. The number of aromatic nitrogens is 2. The summed E-state index contributed by atoms with van der Waals surface area (Å²) in [6.07, 6.45) is 0. The highest BCUT2D eigenvalue weighted by Crippen LogP contribution is 2.38. The Morgan fingerprint density at radius 3 is 2.39 bits per heavy atom. The monoisotopic (exact) mass is 437 g/mol. The molecule has 0 bridgehead atoms. The lowest BCUT2D eigenvalue weighted by Crippen LogP contribution is -2.11. The third-order valence-electron chi connectivity index (χ3n) is 5.00. The van der Waals surface area contributed by atoms with Crippen molar-refractivity contribution in [3.05, 3.63) is 52.9 Å². The van der Waals surface area contributed by atoms with Crippen LogP contribution in [0.2, 0.25) is 0 Å². The largest absolute Gasteiger partial charge is 0.495 e. The number of hydrogen-bond donors (Lipinski definition) is 1. The van der Waals surface area contributed by atoms with E-state index in [-0.39, 0.29) is 5.91 Å². The van der Waals surface area contributed by atoms with E-state index in [2.05, 4.69) is 10.4 Å². The predicted molar refractivity (Wildman–Crippen MR) is 123 cm³/mol. The first-order valence-corrected chi connectivity index (χ1v) is 10.4. The summed E-state index contributed by atoms with van der Waals surface area (Å²) in [5.74, 6) is 1.70. The standard InChI is InChI=1S/C23H23N3O4S/c1-13-6-8-17(28-3)16(10-13)24-22(27)20-12-15-21(25-26(2)23(15)31-20)14-7-9-18(29-4)19(11-14)30-5/h6-12H,1-5H3,(H,24,27). The van der Waals surface area contributed by atoms with Crippen LogP contribution in [-0.4, -0.2) is 37.0 Å². The number of carbonyl (C=O) groups is 1. The molecule has 0 aliphatic carbocycles. The van der Waals surface area contributed by atoms with E-state index in [1.807, 2.05) is 56.4 Å². The van der Waals surface area contributed by atoms with Gasteiger partial charge < -0.3 is 19.5 Å². The molecule has 0 spiro atoms. The quantitative estimate of drug-likeness (QED) is 0.465. The molecule has 0 radical (unpaired) electrons. The highest BCUT2D eigenvalue weighted by molar-refractivity contribution is 7.20. The Kier molecular flexibility index (Phi) is 5.56. The highest BCUT2D eigenvalue weighted by Gasteiger charge is 2.20.